The molecule has 0 radical (unpaired) electrons. The standard InChI is InChI=1S/C17H27ClN2/c1-3-11-20(17-7-9-19-10-8-17)13-14(2)15-5-4-6-16(18)12-15/h4-6,12,14,17,19H,3,7-11,13H2,1-2H3. The molecule has 1 aromatic rings. The normalized spacial score (nSPS) is 18.4. The van der Waals surface area contributed by atoms with Gasteiger partial charge in [-0.1, -0.05) is 37.6 Å². The van der Waals surface area contributed by atoms with Crippen molar-refractivity contribution in [3.63, 3.8) is 0 Å². The summed E-state index contributed by atoms with van der Waals surface area (Å²) in [6.07, 6.45) is 3.79. The molecule has 1 atom stereocenters. The Morgan fingerprint density at radius 2 is 2.10 bits per heavy atom. The summed E-state index contributed by atoms with van der Waals surface area (Å²) in [7, 11) is 0. The SMILES string of the molecule is CCCN(CC(C)c1cccc(Cl)c1)C1CCNCC1. The predicted molar refractivity (Wildman–Crippen MR) is 87.6 cm³/mol. The van der Waals surface area contributed by atoms with Crippen LogP contribution in [0.15, 0.2) is 24.3 Å². The van der Waals surface area contributed by atoms with Gasteiger partial charge in [0.1, 0.15) is 0 Å². The number of rotatable bonds is 6. The van der Waals surface area contributed by atoms with Crippen molar-refractivity contribution in [2.24, 2.45) is 0 Å². The van der Waals surface area contributed by atoms with Crippen molar-refractivity contribution in [1.29, 1.82) is 0 Å². The Balaban J connectivity index is 1.99. The fourth-order valence-corrected chi connectivity index (χ4v) is 3.35. The Kier molecular flexibility index (Phi) is 6.34. The Hall–Kier alpha value is -0.570. The molecular weight excluding hydrogens is 268 g/mol. The summed E-state index contributed by atoms with van der Waals surface area (Å²) in [5.41, 5.74) is 1.35. The number of halogens is 1. The maximum Gasteiger partial charge on any atom is 0.0408 e. The maximum absolute atomic E-state index is 6.11. The summed E-state index contributed by atoms with van der Waals surface area (Å²) in [6.45, 7) is 9.26. The lowest BCUT2D eigenvalue weighted by molar-refractivity contribution is 0.155. The first-order chi connectivity index (χ1) is 9.70. The molecule has 0 amide bonds. The summed E-state index contributed by atoms with van der Waals surface area (Å²) in [6, 6.07) is 9.07. The molecule has 1 N–H and O–H groups in total. The van der Waals surface area contributed by atoms with Crippen LogP contribution in [0.4, 0.5) is 0 Å². The Bertz CT molecular complexity index is 402. The predicted octanol–water partition coefficient (Wildman–Crippen LogP) is 3.91. The van der Waals surface area contributed by atoms with Crippen molar-refractivity contribution in [2.45, 2.75) is 45.1 Å². The third-order valence-corrected chi connectivity index (χ3v) is 4.50. The molecule has 0 aliphatic carbocycles. The molecule has 1 saturated heterocycles. The van der Waals surface area contributed by atoms with Crippen molar-refractivity contribution in [2.75, 3.05) is 26.2 Å². The van der Waals surface area contributed by atoms with Gasteiger partial charge in [0.25, 0.3) is 0 Å². The second-order valence-corrected chi connectivity index (χ2v) is 6.37. The minimum absolute atomic E-state index is 0.537. The fraction of sp³-hybridized carbons (Fsp3) is 0.647. The van der Waals surface area contributed by atoms with Crippen LogP contribution in [-0.2, 0) is 0 Å². The van der Waals surface area contributed by atoms with E-state index in [4.69, 9.17) is 11.6 Å². The molecule has 1 aromatic carbocycles. The van der Waals surface area contributed by atoms with E-state index in [0.29, 0.717) is 5.92 Å². The highest BCUT2D eigenvalue weighted by atomic mass is 35.5. The monoisotopic (exact) mass is 294 g/mol. The number of hydrogen-bond donors (Lipinski definition) is 1. The van der Waals surface area contributed by atoms with E-state index in [9.17, 15) is 0 Å². The van der Waals surface area contributed by atoms with Crippen molar-refractivity contribution in [3.05, 3.63) is 34.9 Å². The van der Waals surface area contributed by atoms with Crippen LogP contribution in [0.5, 0.6) is 0 Å². The molecule has 1 fully saturated rings. The van der Waals surface area contributed by atoms with E-state index in [1.165, 1.54) is 31.4 Å². The molecule has 1 aliphatic heterocycles. The summed E-state index contributed by atoms with van der Waals surface area (Å²) >= 11 is 6.11. The van der Waals surface area contributed by atoms with Gasteiger partial charge in [-0.25, -0.2) is 0 Å². The highest BCUT2D eigenvalue weighted by Gasteiger charge is 2.22. The molecule has 1 heterocycles. The van der Waals surface area contributed by atoms with E-state index >= 15 is 0 Å². The van der Waals surface area contributed by atoms with Gasteiger partial charge in [-0.15, -0.1) is 0 Å². The van der Waals surface area contributed by atoms with Crippen molar-refractivity contribution in [3.8, 4) is 0 Å². The maximum atomic E-state index is 6.11. The molecule has 0 bridgehead atoms. The van der Waals surface area contributed by atoms with Crippen LogP contribution < -0.4 is 5.32 Å². The Labute approximate surface area is 128 Å². The number of piperidine rings is 1. The summed E-state index contributed by atoms with van der Waals surface area (Å²) in [4.78, 5) is 2.69. The van der Waals surface area contributed by atoms with Crippen LogP contribution in [-0.4, -0.2) is 37.1 Å². The third-order valence-electron chi connectivity index (χ3n) is 4.26. The van der Waals surface area contributed by atoms with E-state index < -0.39 is 0 Å². The fourth-order valence-electron chi connectivity index (χ4n) is 3.15. The molecule has 2 nitrogen and oxygen atoms in total. The Morgan fingerprint density at radius 3 is 2.75 bits per heavy atom. The number of benzene rings is 1. The Morgan fingerprint density at radius 1 is 1.35 bits per heavy atom. The van der Waals surface area contributed by atoms with Gasteiger partial charge in [-0.3, -0.25) is 4.90 Å². The zero-order valence-electron chi connectivity index (χ0n) is 12.7. The van der Waals surface area contributed by atoms with E-state index in [2.05, 4.69) is 42.3 Å². The molecule has 0 spiro atoms. The van der Waals surface area contributed by atoms with Gasteiger partial charge in [0.05, 0.1) is 0 Å². The number of nitrogens with zero attached hydrogens (tertiary/aromatic N) is 1. The largest absolute Gasteiger partial charge is 0.317 e. The second-order valence-electron chi connectivity index (χ2n) is 5.93. The van der Waals surface area contributed by atoms with Crippen LogP contribution in [0.3, 0.4) is 0 Å². The molecule has 3 heteroatoms. The molecule has 2 rings (SSSR count). The quantitative estimate of drug-likeness (QED) is 0.856. The summed E-state index contributed by atoms with van der Waals surface area (Å²) in [5.74, 6) is 0.537. The van der Waals surface area contributed by atoms with Crippen LogP contribution in [0.2, 0.25) is 5.02 Å². The third kappa shape index (κ3) is 4.47. The van der Waals surface area contributed by atoms with E-state index in [-0.39, 0.29) is 0 Å². The zero-order chi connectivity index (χ0) is 14.4. The lowest BCUT2D eigenvalue weighted by Crippen LogP contribution is -2.44. The van der Waals surface area contributed by atoms with Gasteiger partial charge < -0.3 is 5.32 Å². The lowest BCUT2D eigenvalue weighted by Gasteiger charge is -2.36. The lowest BCUT2D eigenvalue weighted by atomic mass is 9.97. The minimum atomic E-state index is 0.537. The van der Waals surface area contributed by atoms with Gasteiger partial charge in [-0.2, -0.15) is 0 Å². The zero-order valence-corrected chi connectivity index (χ0v) is 13.5. The molecule has 0 saturated carbocycles. The van der Waals surface area contributed by atoms with Crippen LogP contribution >= 0.6 is 11.6 Å². The van der Waals surface area contributed by atoms with Crippen molar-refractivity contribution < 1.29 is 0 Å². The number of nitrogens with one attached hydrogen (secondary N) is 1. The van der Waals surface area contributed by atoms with Gasteiger partial charge in [0.2, 0.25) is 0 Å². The second kappa shape index (κ2) is 8.02. The number of hydrogen-bond acceptors (Lipinski definition) is 2. The molecule has 20 heavy (non-hydrogen) atoms. The van der Waals surface area contributed by atoms with Gasteiger partial charge in [0, 0.05) is 17.6 Å². The van der Waals surface area contributed by atoms with Gasteiger partial charge in [-0.05, 0) is 62.5 Å². The first kappa shape index (κ1) is 15.8. The minimum Gasteiger partial charge on any atom is -0.317 e. The van der Waals surface area contributed by atoms with Crippen molar-refractivity contribution >= 4 is 11.6 Å². The molecule has 0 aromatic heterocycles. The van der Waals surface area contributed by atoms with E-state index in [1.54, 1.807) is 0 Å². The van der Waals surface area contributed by atoms with Crippen LogP contribution in [0.25, 0.3) is 0 Å². The molecular formula is C17H27ClN2. The first-order valence-electron chi connectivity index (χ1n) is 7.91. The van der Waals surface area contributed by atoms with Crippen LogP contribution in [0, 0.1) is 0 Å². The highest BCUT2D eigenvalue weighted by Crippen LogP contribution is 2.23. The summed E-state index contributed by atoms with van der Waals surface area (Å²) in [5, 5.41) is 4.31. The smallest absolute Gasteiger partial charge is 0.0408 e. The van der Waals surface area contributed by atoms with Gasteiger partial charge in [0.15, 0.2) is 0 Å². The van der Waals surface area contributed by atoms with E-state index in [0.717, 1.165) is 30.7 Å². The van der Waals surface area contributed by atoms with E-state index in [1.807, 2.05) is 6.07 Å². The average molecular weight is 295 g/mol. The molecule has 112 valence electrons. The van der Waals surface area contributed by atoms with Crippen molar-refractivity contribution in [1.82, 2.24) is 10.2 Å². The first-order valence-corrected chi connectivity index (χ1v) is 8.28. The molecule has 1 aliphatic rings. The average Bonchev–Trinajstić information content (AvgIpc) is 2.47. The highest BCUT2D eigenvalue weighted by molar-refractivity contribution is 6.30. The topological polar surface area (TPSA) is 15.3 Å². The molecule has 1 unspecified atom stereocenters. The van der Waals surface area contributed by atoms with Crippen LogP contribution in [0.1, 0.15) is 44.6 Å². The summed E-state index contributed by atoms with van der Waals surface area (Å²) < 4.78 is 0. The van der Waals surface area contributed by atoms with Gasteiger partial charge >= 0.3 is 0 Å².